The fourth-order valence-electron chi connectivity index (χ4n) is 4.40. The van der Waals surface area contributed by atoms with Gasteiger partial charge in [0.05, 0.1) is 24.5 Å². The minimum Gasteiger partial charge on any atom is -0.494 e. The number of hydrazone groups is 1. The number of hydrogen-bond acceptors (Lipinski definition) is 7. The molecule has 0 unspecified atom stereocenters. The van der Waals surface area contributed by atoms with Crippen LogP contribution in [0.3, 0.4) is 0 Å². The summed E-state index contributed by atoms with van der Waals surface area (Å²) in [5.74, 6) is -0.160. The summed E-state index contributed by atoms with van der Waals surface area (Å²) in [6.07, 6.45) is 2.95. The molecule has 9 heteroatoms. The van der Waals surface area contributed by atoms with Crippen LogP contribution in [0.1, 0.15) is 55.1 Å². The van der Waals surface area contributed by atoms with Crippen molar-refractivity contribution in [3.05, 3.63) is 64.9 Å². The van der Waals surface area contributed by atoms with Crippen LogP contribution >= 0.6 is 0 Å². The van der Waals surface area contributed by atoms with Crippen LogP contribution in [0, 0.1) is 6.92 Å². The van der Waals surface area contributed by atoms with Gasteiger partial charge in [-0.2, -0.15) is 5.10 Å². The van der Waals surface area contributed by atoms with Crippen molar-refractivity contribution in [3.8, 4) is 5.75 Å². The van der Waals surface area contributed by atoms with Gasteiger partial charge in [0.15, 0.2) is 0 Å². The van der Waals surface area contributed by atoms with Crippen LogP contribution in [0.25, 0.3) is 0 Å². The average molecular weight is 523 g/mol. The molecule has 0 spiro atoms. The van der Waals surface area contributed by atoms with Crippen LogP contribution in [-0.2, 0) is 11.3 Å². The lowest BCUT2D eigenvalue weighted by Gasteiger charge is -2.29. The Morgan fingerprint density at radius 3 is 2.53 bits per heavy atom. The van der Waals surface area contributed by atoms with Gasteiger partial charge in [-0.25, -0.2) is 14.6 Å². The van der Waals surface area contributed by atoms with E-state index in [1.165, 1.54) is 12.1 Å². The van der Waals surface area contributed by atoms with Crippen molar-refractivity contribution in [1.29, 1.82) is 0 Å². The molecule has 0 bridgehead atoms. The number of carbonyl (C=O) groups is 2. The lowest BCUT2D eigenvalue weighted by Crippen LogP contribution is -2.37. The predicted octanol–water partition coefficient (Wildman–Crippen LogP) is 5.68. The lowest BCUT2D eigenvalue weighted by molar-refractivity contribution is 0.0697. The van der Waals surface area contributed by atoms with Crippen molar-refractivity contribution in [2.45, 2.75) is 47.1 Å². The third-order valence-corrected chi connectivity index (χ3v) is 6.20. The van der Waals surface area contributed by atoms with Gasteiger partial charge >= 0.3 is 12.1 Å². The van der Waals surface area contributed by atoms with E-state index >= 15 is 0 Å². The molecule has 0 atom stereocenters. The molecule has 0 aliphatic carbocycles. The second-order valence-corrected chi connectivity index (χ2v) is 9.47. The van der Waals surface area contributed by atoms with Crippen LogP contribution < -0.4 is 14.6 Å². The van der Waals surface area contributed by atoms with Crippen LogP contribution in [0.15, 0.2) is 53.3 Å². The van der Waals surface area contributed by atoms with Gasteiger partial charge in [0.1, 0.15) is 5.75 Å². The summed E-state index contributed by atoms with van der Waals surface area (Å²) in [6.45, 7) is 15.3. The Kier molecular flexibility index (Phi) is 10.3. The normalized spacial score (nSPS) is 14.8. The smallest absolute Gasteiger partial charge is 0.414 e. The molecule has 1 aliphatic rings. The molecule has 1 saturated heterocycles. The van der Waals surface area contributed by atoms with Gasteiger partial charge in [0, 0.05) is 44.8 Å². The molecule has 1 amide bonds. The second kappa shape index (κ2) is 13.6. The van der Waals surface area contributed by atoms with Crippen molar-refractivity contribution in [1.82, 2.24) is 4.90 Å². The zero-order valence-electron chi connectivity index (χ0n) is 22.8. The molecule has 2 aromatic carbocycles. The van der Waals surface area contributed by atoms with Crippen molar-refractivity contribution in [2.75, 3.05) is 42.8 Å². The van der Waals surface area contributed by atoms with E-state index in [9.17, 15) is 14.7 Å². The summed E-state index contributed by atoms with van der Waals surface area (Å²) in [5.41, 5.74) is 4.94. The van der Waals surface area contributed by atoms with Crippen LogP contribution in [-0.4, -0.2) is 61.6 Å². The predicted molar refractivity (Wildman–Crippen MR) is 150 cm³/mol. The molecule has 204 valence electrons. The Labute approximate surface area is 224 Å². The van der Waals surface area contributed by atoms with E-state index in [-0.39, 0.29) is 5.56 Å². The van der Waals surface area contributed by atoms with E-state index < -0.39 is 12.1 Å². The molecule has 0 radical (unpaired) electrons. The molecule has 9 nitrogen and oxygen atoms in total. The number of amides is 1. The van der Waals surface area contributed by atoms with E-state index in [0.717, 1.165) is 41.2 Å². The number of anilines is 2. The highest BCUT2D eigenvalue weighted by atomic mass is 16.6. The monoisotopic (exact) mass is 522 g/mol. The largest absolute Gasteiger partial charge is 0.494 e. The van der Waals surface area contributed by atoms with Crippen molar-refractivity contribution in [3.63, 3.8) is 0 Å². The molecular formula is C29H38N4O5. The van der Waals surface area contributed by atoms with E-state index in [1.54, 1.807) is 22.0 Å². The first-order chi connectivity index (χ1) is 18.2. The van der Waals surface area contributed by atoms with Gasteiger partial charge in [0.2, 0.25) is 0 Å². The SMILES string of the molecule is C=NN(C=C(C)C)c1cc(C)c(OCC)cc1CN1CCCOC(=O)N(c2ccc(C(=O)O)cc2)CCC1. The number of aryl methyl sites for hydroxylation is 1. The molecule has 38 heavy (non-hydrogen) atoms. The van der Waals surface area contributed by atoms with E-state index in [4.69, 9.17) is 9.47 Å². The zero-order valence-corrected chi connectivity index (χ0v) is 22.8. The number of cyclic esters (lactones) is 1. The number of carbonyl (C=O) groups excluding carboxylic acids is 1. The van der Waals surface area contributed by atoms with Crippen LogP contribution in [0.2, 0.25) is 0 Å². The van der Waals surface area contributed by atoms with E-state index in [0.29, 0.717) is 44.8 Å². The maximum absolute atomic E-state index is 12.7. The van der Waals surface area contributed by atoms with Crippen LogP contribution in [0.5, 0.6) is 5.75 Å². The second-order valence-electron chi connectivity index (χ2n) is 9.47. The summed E-state index contributed by atoms with van der Waals surface area (Å²) in [4.78, 5) is 27.8. The van der Waals surface area contributed by atoms with Gasteiger partial charge < -0.3 is 14.6 Å². The van der Waals surface area contributed by atoms with Gasteiger partial charge in [-0.05, 0) is 88.1 Å². The number of carboxylic acids is 1. The number of ether oxygens (including phenoxy) is 2. The minimum absolute atomic E-state index is 0.172. The maximum atomic E-state index is 12.7. The van der Waals surface area contributed by atoms with E-state index in [1.807, 2.05) is 33.9 Å². The van der Waals surface area contributed by atoms with Crippen LogP contribution in [0.4, 0.5) is 16.2 Å². The number of rotatable bonds is 9. The molecule has 0 saturated carbocycles. The number of nitrogens with zero attached hydrogens (tertiary/aromatic N) is 4. The third-order valence-electron chi connectivity index (χ3n) is 6.20. The summed E-state index contributed by atoms with van der Waals surface area (Å²) < 4.78 is 11.4. The molecule has 0 aromatic heterocycles. The van der Waals surface area contributed by atoms with Crippen molar-refractivity contribution < 1.29 is 24.2 Å². The maximum Gasteiger partial charge on any atom is 0.414 e. The topological polar surface area (TPSA) is 94.9 Å². The first-order valence-electron chi connectivity index (χ1n) is 12.9. The Morgan fingerprint density at radius 2 is 1.89 bits per heavy atom. The number of benzene rings is 2. The standard InChI is InChI=1S/C29H38N4O5/c1-6-37-27-18-24(26(17-22(27)4)33(30-5)19-21(2)3)20-31-13-7-15-32(29(36)38-16-8-14-31)25-11-9-23(10-12-25)28(34)35/h9-12,17-19H,5-8,13-16,20H2,1-4H3,(H,34,35). The highest BCUT2D eigenvalue weighted by Crippen LogP contribution is 2.32. The molecule has 3 rings (SSSR count). The summed E-state index contributed by atoms with van der Waals surface area (Å²) in [6, 6.07) is 10.4. The number of allylic oxidation sites excluding steroid dienone is 1. The van der Waals surface area contributed by atoms with Crippen molar-refractivity contribution in [2.24, 2.45) is 5.10 Å². The van der Waals surface area contributed by atoms with Gasteiger partial charge in [0.25, 0.3) is 0 Å². The number of hydrogen-bond donors (Lipinski definition) is 1. The highest BCUT2D eigenvalue weighted by Gasteiger charge is 2.21. The minimum atomic E-state index is -1.01. The van der Waals surface area contributed by atoms with Gasteiger partial charge in [-0.3, -0.25) is 9.80 Å². The van der Waals surface area contributed by atoms with E-state index in [2.05, 4.69) is 28.9 Å². The Balaban J connectivity index is 1.83. The van der Waals surface area contributed by atoms with Crippen molar-refractivity contribution >= 4 is 30.2 Å². The molecule has 1 N–H and O–H groups in total. The quantitative estimate of drug-likeness (QED) is 0.335. The molecule has 1 aliphatic heterocycles. The first kappa shape index (κ1) is 28.7. The van der Waals surface area contributed by atoms with Gasteiger partial charge in [-0.1, -0.05) is 5.57 Å². The zero-order chi connectivity index (χ0) is 27.7. The average Bonchev–Trinajstić information content (AvgIpc) is 2.89. The fourth-order valence-corrected chi connectivity index (χ4v) is 4.40. The summed E-state index contributed by atoms with van der Waals surface area (Å²) in [5, 5.41) is 15.2. The number of carboxylic acid groups (broad SMARTS) is 1. The highest BCUT2D eigenvalue weighted by molar-refractivity contribution is 5.90. The molecule has 2 aromatic rings. The molecule has 1 fully saturated rings. The molecule has 1 heterocycles. The Hall–Kier alpha value is -3.85. The number of aromatic carboxylic acids is 1. The molecular weight excluding hydrogens is 484 g/mol. The summed E-state index contributed by atoms with van der Waals surface area (Å²) >= 11 is 0. The fraction of sp³-hybridized carbons (Fsp3) is 0.414. The Bertz CT molecular complexity index is 1160. The third kappa shape index (κ3) is 7.58. The lowest BCUT2D eigenvalue weighted by atomic mass is 10.1. The summed E-state index contributed by atoms with van der Waals surface area (Å²) in [7, 11) is 0. The van der Waals surface area contributed by atoms with Gasteiger partial charge in [-0.15, -0.1) is 0 Å². The Morgan fingerprint density at radius 1 is 1.18 bits per heavy atom. The first-order valence-corrected chi connectivity index (χ1v) is 12.9.